The topological polar surface area (TPSA) is 69.0 Å². The second-order valence-corrected chi connectivity index (χ2v) is 3.33. The van der Waals surface area contributed by atoms with Crippen molar-refractivity contribution < 1.29 is 9.53 Å². The summed E-state index contributed by atoms with van der Waals surface area (Å²) in [5.41, 5.74) is 0. The van der Waals surface area contributed by atoms with Crippen LogP contribution in [0.4, 0.5) is 0 Å². The summed E-state index contributed by atoms with van der Waals surface area (Å²) in [5, 5.41) is 10.7. The lowest BCUT2D eigenvalue weighted by Crippen LogP contribution is -2.39. The Hall–Kier alpha value is -1.43. The molecule has 6 heteroatoms. The standard InChI is InChI=1S/C10H18N4O2/c1-3-9(10(15)16-4-2)11-5-7-14-8-6-12-13-14/h6,8-9,11H,3-5,7H2,1-2H3. The molecule has 0 aliphatic rings. The van der Waals surface area contributed by atoms with Gasteiger partial charge in [-0.25, -0.2) is 0 Å². The minimum atomic E-state index is -0.233. The van der Waals surface area contributed by atoms with Crippen LogP contribution in [0.3, 0.4) is 0 Å². The summed E-state index contributed by atoms with van der Waals surface area (Å²) in [5.74, 6) is -0.191. The number of nitrogens with zero attached hydrogens (tertiary/aromatic N) is 3. The van der Waals surface area contributed by atoms with Gasteiger partial charge in [-0.15, -0.1) is 5.10 Å². The molecule has 0 saturated heterocycles. The number of hydrogen-bond acceptors (Lipinski definition) is 5. The fourth-order valence-corrected chi connectivity index (χ4v) is 1.34. The number of hydrogen-bond donors (Lipinski definition) is 1. The van der Waals surface area contributed by atoms with Crippen LogP contribution >= 0.6 is 0 Å². The van der Waals surface area contributed by atoms with Crippen molar-refractivity contribution in [3.63, 3.8) is 0 Å². The van der Waals surface area contributed by atoms with E-state index < -0.39 is 0 Å². The van der Waals surface area contributed by atoms with E-state index in [9.17, 15) is 4.79 Å². The number of aromatic nitrogens is 3. The first kappa shape index (κ1) is 12.6. The van der Waals surface area contributed by atoms with Crippen molar-refractivity contribution in [3.05, 3.63) is 12.4 Å². The Kier molecular flexibility index (Phi) is 5.49. The first-order valence-corrected chi connectivity index (χ1v) is 5.52. The average Bonchev–Trinajstić information content (AvgIpc) is 2.77. The molecule has 0 aliphatic carbocycles. The van der Waals surface area contributed by atoms with Crippen LogP contribution in [0.15, 0.2) is 12.4 Å². The second kappa shape index (κ2) is 6.95. The van der Waals surface area contributed by atoms with Crippen LogP contribution in [0.25, 0.3) is 0 Å². The van der Waals surface area contributed by atoms with Crippen LogP contribution < -0.4 is 5.32 Å². The van der Waals surface area contributed by atoms with Crippen LogP contribution in [0.5, 0.6) is 0 Å². The quantitative estimate of drug-likeness (QED) is 0.673. The van der Waals surface area contributed by atoms with E-state index in [2.05, 4.69) is 15.6 Å². The molecular weight excluding hydrogens is 208 g/mol. The van der Waals surface area contributed by atoms with Crippen molar-refractivity contribution >= 4 is 5.97 Å². The largest absolute Gasteiger partial charge is 0.465 e. The zero-order valence-electron chi connectivity index (χ0n) is 9.72. The Balaban J connectivity index is 2.26. The number of carbonyl (C=O) groups is 1. The number of ether oxygens (including phenoxy) is 1. The maximum absolute atomic E-state index is 11.4. The van der Waals surface area contributed by atoms with Crippen molar-refractivity contribution in [2.75, 3.05) is 13.2 Å². The van der Waals surface area contributed by atoms with Crippen LogP contribution in [0, 0.1) is 0 Å². The summed E-state index contributed by atoms with van der Waals surface area (Å²) < 4.78 is 6.66. The van der Waals surface area contributed by atoms with E-state index in [0.717, 1.165) is 6.42 Å². The van der Waals surface area contributed by atoms with Gasteiger partial charge in [0.05, 0.1) is 19.3 Å². The third-order valence-corrected chi connectivity index (χ3v) is 2.18. The molecule has 0 fully saturated rings. The highest BCUT2D eigenvalue weighted by Gasteiger charge is 2.16. The molecule has 0 aromatic carbocycles. The number of rotatable bonds is 7. The van der Waals surface area contributed by atoms with Crippen LogP contribution in [-0.2, 0) is 16.1 Å². The predicted molar refractivity (Wildman–Crippen MR) is 58.7 cm³/mol. The van der Waals surface area contributed by atoms with E-state index in [1.165, 1.54) is 0 Å². The van der Waals surface area contributed by atoms with Crippen LogP contribution in [0.2, 0.25) is 0 Å². The van der Waals surface area contributed by atoms with Gasteiger partial charge in [-0.2, -0.15) is 0 Å². The molecule has 0 saturated carbocycles. The summed E-state index contributed by atoms with van der Waals surface area (Å²) >= 11 is 0. The van der Waals surface area contributed by atoms with Gasteiger partial charge in [0.2, 0.25) is 0 Å². The van der Waals surface area contributed by atoms with Gasteiger partial charge in [-0.3, -0.25) is 9.48 Å². The molecule has 0 bridgehead atoms. The van der Waals surface area contributed by atoms with Gasteiger partial charge in [0, 0.05) is 12.7 Å². The SMILES string of the molecule is CCOC(=O)C(CC)NCCn1ccnn1. The molecule has 1 rings (SSSR count). The molecule has 1 heterocycles. The third-order valence-electron chi connectivity index (χ3n) is 2.18. The van der Waals surface area contributed by atoms with E-state index in [0.29, 0.717) is 19.7 Å². The van der Waals surface area contributed by atoms with E-state index >= 15 is 0 Å². The Labute approximate surface area is 95.0 Å². The van der Waals surface area contributed by atoms with Crippen molar-refractivity contribution in [3.8, 4) is 0 Å². The summed E-state index contributed by atoms with van der Waals surface area (Å²) in [6.07, 6.45) is 4.13. The molecule has 1 unspecified atom stereocenters. The van der Waals surface area contributed by atoms with E-state index in [1.54, 1.807) is 24.0 Å². The molecule has 90 valence electrons. The molecule has 1 atom stereocenters. The summed E-state index contributed by atoms with van der Waals surface area (Å²) in [7, 11) is 0. The first-order valence-electron chi connectivity index (χ1n) is 5.52. The second-order valence-electron chi connectivity index (χ2n) is 3.33. The summed E-state index contributed by atoms with van der Waals surface area (Å²) in [4.78, 5) is 11.4. The Morgan fingerprint density at radius 1 is 1.56 bits per heavy atom. The minimum Gasteiger partial charge on any atom is -0.465 e. The highest BCUT2D eigenvalue weighted by atomic mass is 16.5. The molecule has 1 aromatic rings. The highest BCUT2D eigenvalue weighted by Crippen LogP contribution is 1.94. The fraction of sp³-hybridized carbons (Fsp3) is 0.700. The van der Waals surface area contributed by atoms with Gasteiger partial charge in [0.1, 0.15) is 6.04 Å². The molecule has 1 N–H and O–H groups in total. The van der Waals surface area contributed by atoms with Crippen molar-refractivity contribution in [2.45, 2.75) is 32.9 Å². The Morgan fingerprint density at radius 2 is 2.38 bits per heavy atom. The molecule has 6 nitrogen and oxygen atoms in total. The number of carbonyl (C=O) groups excluding carboxylic acids is 1. The van der Waals surface area contributed by atoms with E-state index in [4.69, 9.17) is 4.74 Å². The molecule has 1 aromatic heterocycles. The van der Waals surface area contributed by atoms with E-state index in [1.807, 2.05) is 6.92 Å². The van der Waals surface area contributed by atoms with Crippen molar-refractivity contribution in [2.24, 2.45) is 0 Å². The van der Waals surface area contributed by atoms with Crippen LogP contribution in [0.1, 0.15) is 20.3 Å². The monoisotopic (exact) mass is 226 g/mol. The average molecular weight is 226 g/mol. The van der Waals surface area contributed by atoms with Gasteiger partial charge < -0.3 is 10.1 Å². The lowest BCUT2D eigenvalue weighted by Gasteiger charge is -2.14. The Morgan fingerprint density at radius 3 is 2.94 bits per heavy atom. The zero-order chi connectivity index (χ0) is 11.8. The molecule has 16 heavy (non-hydrogen) atoms. The molecular formula is C10H18N4O2. The normalized spacial score (nSPS) is 12.4. The third kappa shape index (κ3) is 3.98. The molecule has 0 spiro atoms. The lowest BCUT2D eigenvalue weighted by atomic mass is 10.2. The van der Waals surface area contributed by atoms with Gasteiger partial charge in [0.15, 0.2) is 0 Å². The fourth-order valence-electron chi connectivity index (χ4n) is 1.34. The molecule has 0 aliphatic heterocycles. The maximum atomic E-state index is 11.4. The zero-order valence-corrected chi connectivity index (χ0v) is 9.72. The van der Waals surface area contributed by atoms with Gasteiger partial charge in [-0.05, 0) is 13.3 Å². The number of esters is 1. The molecule has 0 amide bonds. The van der Waals surface area contributed by atoms with Crippen molar-refractivity contribution in [1.29, 1.82) is 0 Å². The van der Waals surface area contributed by atoms with Crippen molar-refractivity contribution in [1.82, 2.24) is 20.3 Å². The molecule has 0 radical (unpaired) electrons. The van der Waals surface area contributed by atoms with Crippen LogP contribution in [-0.4, -0.2) is 40.2 Å². The number of nitrogens with one attached hydrogen (secondary N) is 1. The maximum Gasteiger partial charge on any atom is 0.323 e. The minimum absolute atomic E-state index is 0.191. The first-order chi connectivity index (χ1) is 7.77. The smallest absolute Gasteiger partial charge is 0.323 e. The summed E-state index contributed by atoms with van der Waals surface area (Å²) in [6, 6.07) is -0.233. The van der Waals surface area contributed by atoms with E-state index in [-0.39, 0.29) is 12.0 Å². The predicted octanol–water partition coefficient (Wildman–Crippen LogP) is 0.209. The van der Waals surface area contributed by atoms with Gasteiger partial charge >= 0.3 is 5.97 Å². The highest BCUT2D eigenvalue weighted by molar-refractivity contribution is 5.75. The lowest BCUT2D eigenvalue weighted by molar-refractivity contribution is -0.145. The van der Waals surface area contributed by atoms with Gasteiger partial charge in [-0.1, -0.05) is 12.1 Å². The Bertz CT molecular complexity index is 300. The summed E-state index contributed by atoms with van der Waals surface area (Å²) in [6.45, 7) is 5.53. The van der Waals surface area contributed by atoms with Gasteiger partial charge in [0.25, 0.3) is 0 Å².